The molecule has 0 aliphatic heterocycles. The number of phosphoric ester groups is 1. The van der Waals surface area contributed by atoms with Crippen molar-refractivity contribution >= 4 is 20.1 Å². The van der Waals surface area contributed by atoms with Gasteiger partial charge in [-0.3, -0.25) is 4.52 Å². The Bertz CT molecular complexity index is 377. The summed E-state index contributed by atoms with van der Waals surface area (Å²) >= 11 is 0. The molecular formula is C12H23O10P. The fraction of sp³-hybridized carbons (Fsp3) is 0.833. The first-order valence-electron chi connectivity index (χ1n) is 6.89. The van der Waals surface area contributed by atoms with Crippen LogP contribution in [0.3, 0.4) is 0 Å². The van der Waals surface area contributed by atoms with Crippen LogP contribution in [-0.4, -0.2) is 44.7 Å². The van der Waals surface area contributed by atoms with Gasteiger partial charge in [0.15, 0.2) is 0 Å². The summed E-state index contributed by atoms with van der Waals surface area (Å²) in [6.45, 7) is 6.60. The fourth-order valence-electron chi connectivity index (χ4n) is 1.00. The molecule has 136 valence electrons. The molecule has 0 saturated carbocycles. The molecule has 0 radical (unpaired) electrons. The summed E-state index contributed by atoms with van der Waals surface area (Å²) in [6, 6.07) is 0. The van der Waals surface area contributed by atoms with Crippen molar-refractivity contribution in [3.63, 3.8) is 0 Å². The molecule has 0 atom stereocenters. The van der Waals surface area contributed by atoms with E-state index < -0.39 is 33.7 Å². The van der Waals surface area contributed by atoms with Gasteiger partial charge in [-0.25, -0.2) is 23.2 Å². The van der Waals surface area contributed by atoms with Crippen LogP contribution in [0.25, 0.3) is 0 Å². The van der Waals surface area contributed by atoms with E-state index in [0.717, 1.165) is 0 Å². The van der Waals surface area contributed by atoms with Crippen LogP contribution in [-0.2, 0) is 37.1 Å². The molecule has 0 aliphatic carbocycles. The summed E-state index contributed by atoms with van der Waals surface area (Å²) in [5.74, 6) is 0. The van der Waals surface area contributed by atoms with E-state index in [1.165, 1.54) is 0 Å². The van der Waals surface area contributed by atoms with Crippen molar-refractivity contribution in [1.29, 1.82) is 0 Å². The standard InChI is InChI=1S/C12H23O10P/c1-6-18-23(15,19-7-16-11(13)21-9(2)3)20-8-17-12(14)22-10(4)5/h9-10H,6-8H2,1-5H3. The Balaban J connectivity index is 4.21. The molecule has 23 heavy (non-hydrogen) atoms. The molecule has 0 aromatic carbocycles. The summed E-state index contributed by atoms with van der Waals surface area (Å²) < 4.78 is 44.8. The zero-order chi connectivity index (χ0) is 17.9. The lowest BCUT2D eigenvalue weighted by Crippen LogP contribution is -2.16. The van der Waals surface area contributed by atoms with Crippen molar-refractivity contribution in [2.45, 2.75) is 46.8 Å². The number of ether oxygens (including phenoxy) is 4. The van der Waals surface area contributed by atoms with Gasteiger partial charge in [-0.1, -0.05) is 0 Å². The van der Waals surface area contributed by atoms with E-state index in [4.69, 9.17) is 13.6 Å². The molecule has 0 amide bonds. The van der Waals surface area contributed by atoms with Gasteiger partial charge < -0.3 is 18.9 Å². The quantitative estimate of drug-likeness (QED) is 0.327. The van der Waals surface area contributed by atoms with Crippen LogP contribution in [0.4, 0.5) is 9.59 Å². The van der Waals surface area contributed by atoms with Gasteiger partial charge in [0.1, 0.15) is 0 Å². The molecule has 0 spiro atoms. The van der Waals surface area contributed by atoms with Gasteiger partial charge in [0.05, 0.1) is 18.8 Å². The number of phosphoric acid groups is 1. The van der Waals surface area contributed by atoms with Gasteiger partial charge >= 0.3 is 20.1 Å². The Labute approximate surface area is 134 Å². The average molecular weight is 358 g/mol. The molecule has 0 aromatic rings. The summed E-state index contributed by atoms with van der Waals surface area (Å²) in [4.78, 5) is 22.2. The molecule has 0 unspecified atom stereocenters. The van der Waals surface area contributed by atoms with Gasteiger partial charge in [0.25, 0.3) is 0 Å². The van der Waals surface area contributed by atoms with Crippen LogP contribution in [0.1, 0.15) is 34.6 Å². The highest BCUT2D eigenvalue weighted by Gasteiger charge is 2.28. The van der Waals surface area contributed by atoms with Crippen LogP contribution < -0.4 is 0 Å². The molecule has 0 rings (SSSR count). The van der Waals surface area contributed by atoms with Gasteiger partial charge in [0, 0.05) is 0 Å². The Hall–Kier alpha value is -1.35. The Morgan fingerprint density at radius 2 is 1.22 bits per heavy atom. The number of rotatable bonds is 10. The topological polar surface area (TPSA) is 116 Å². The van der Waals surface area contributed by atoms with Gasteiger partial charge in [-0.05, 0) is 34.6 Å². The lowest BCUT2D eigenvalue weighted by molar-refractivity contribution is -0.0448. The Morgan fingerprint density at radius 3 is 1.52 bits per heavy atom. The van der Waals surface area contributed by atoms with Crippen molar-refractivity contribution in [2.75, 3.05) is 20.2 Å². The van der Waals surface area contributed by atoms with Crippen LogP contribution in [0.5, 0.6) is 0 Å². The second-order valence-corrected chi connectivity index (χ2v) is 6.15. The highest BCUT2D eigenvalue weighted by atomic mass is 31.2. The molecule has 0 saturated heterocycles. The molecular weight excluding hydrogens is 335 g/mol. The molecule has 0 heterocycles. The number of hydrogen-bond donors (Lipinski definition) is 0. The van der Waals surface area contributed by atoms with Crippen molar-refractivity contribution in [1.82, 2.24) is 0 Å². The van der Waals surface area contributed by atoms with Gasteiger partial charge in [-0.2, -0.15) is 0 Å². The summed E-state index contributed by atoms with van der Waals surface area (Å²) in [5, 5.41) is 0. The molecule has 0 aromatic heterocycles. The van der Waals surface area contributed by atoms with E-state index in [1.807, 2.05) is 0 Å². The highest BCUT2D eigenvalue weighted by molar-refractivity contribution is 7.48. The lowest BCUT2D eigenvalue weighted by Gasteiger charge is -2.17. The van der Waals surface area contributed by atoms with Crippen molar-refractivity contribution in [3.05, 3.63) is 0 Å². The van der Waals surface area contributed by atoms with Crippen LogP contribution in [0.2, 0.25) is 0 Å². The van der Waals surface area contributed by atoms with Gasteiger partial charge in [0.2, 0.25) is 13.6 Å². The maximum Gasteiger partial charge on any atom is 0.510 e. The molecule has 0 fully saturated rings. The van der Waals surface area contributed by atoms with Crippen molar-refractivity contribution < 1.29 is 46.7 Å². The Kier molecular flexibility index (Phi) is 10.6. The maximum absolute atomic E-state index is 12.1. The summed E-state index contributed by atoms with van der Waals surface area (Å²) in [6.07, 6.45) is -2.75. The third-order valence-electron chi connectivity index (χ3n) is 1.73. The first-order chi connectivity index (χ1) is 10.7. The number of hydrogen-bond acceptors (Lipinski definition) is 10. The minimum atomic E-state index is -4.07. The third kappa shape index (κ3) is 11.8. The van der Waals surface area contributed by atoms with E-state index in [2.05, 4.69) is 18.9 Å². The van der Waals surface area contributed by atoms with E-state index in [0.29, 0.717) is 0 Å². The largest absolute Gasteiger partial charge is 0.510 e. The zero-order valence-electron chi connectivity index (χ0n) is 13.8. The fourth-order valence-corrected chi connectivity index (χ4v) is 1.90. The van der Waals surface area contributed by atoms with Crippen LogP contribution >= 0.6 is 7.82 Å². The Morgan fingerprint density at radius 1 is 0.826 bits per heavy atom. The monoisotopic (exact) mass is 358 g/mol. The number of carbonyl (C=O) groups excluding carboxylic acids is 2. The van der Waals surface area contributed by atoms with Crippen molar-refractivity contribution in [3.8, 4) is 0 Å². The molecule has 0 aliphatic rings. The maximum atomic E-state index is 12.1. The normalized spacial score (nSPS) is 11.4. The summed E-state index contributed by atoms with van der Waals surface area (Å²) in [7, 11) is -4.07. The smallest absolute Gasteiger partial charge is 0.432 e. The lowest BCUT2D eigenvalue weighted by atomic mass is 10.5. The van der Waals surface area contributed by atoms with E-state index >= 15 is 0 Å². The highest BCUT2D eigenvalue weighted by Crippen LogP contribution is 2.49. The molecule has 0 bridgehead atoms. The minimum Gasteiger partial charge on any atom is -0.432 e. The average Bonchev–Trinajstić information content (AvgIpc) is 2.36. The minimum absolute atomic E-state index is 0.00976. The van der Waals surface area contributed by atoms with Crippen LogP contribution in [0.15, 0.2) is 0 Å². The SMILES string of the molecule is CCOP(=O)(OCOC(=O)OC(C)C)OCOC(=O)OC(C)C. The van der Waals surface area contributed by atoms with E-state index in [1.54, 1.807) is 34.6 Å². The van der Waals surface area contributed by atoms with E-state index in [9.17, 15) is 14.2 Å². The van der Waals surface area contributed by atoms with Crippen LogP contribution in [0, 0.1) is 0 Å². The predicted molar refractivity (Wildman–Crippen MR) is 76.5 cm³/mol. The van der Waals surface area contributed by atoms with E-state index in [-0.39, 0.29) is 18.8 Å². The zero-order valence-corrected chi connectivity index (χ0v) is 14.7. The van der Waals surface area contributed by atoms with Crippen molar-refractivity contribution in [2.24, 2.45) is 0 Å². The third-order valence-corrected chi connectivity index (χ3v) is 3.14. The second kappa shape index (κ2) is 11.2. The number of carbonyl (C=O) groups is 2. The molecule has 10 nitrogen and oxygen atoms in total. The van der Waals surface area contributed by atoms with Gasteiger partial charge in [-0.15, -0.1) is 0 Å². The predicted octanol–water partition coefficient (Wildman–Crippen LogP) is 3.20. The first kappa shape index (κ1) is 21.6. The molecule has 11 heteroatoms. The molecule has 0 N–H and O–H groups in total. The summed E-state index contributed by atoms with van der Waals surface area (Å²) in [5.41, 5.74) is 0. The second-order valence-electron chi connectivity index (χ2n) is 4.48. The first-order valence-corrected chi connectivity index (χ1v) is 8.35.